The van der Waals surface area contributed by atoms with E-state index in [2.05, 4.69) is 61.5 Å². The number of benzene rings is 2. The Balaban J connectivity index is 1.76. The lowest BCUT2D eigenvalue weighted by atomic mass is 9.98. The Morgan fingerprint density at radius 3 is 2.21 bits per heavy atom. The Kier molecular flexibility index (Phi) is 5.17. The zero-order chi connectivity index (χ0) is 13.5. The number of aryl methyl sites for hydroxylation is 3. The van der Waals surface area contributed by atoms with Crippen molar-refractivity contribution in [2.24, 2.45) is 5.73 Å². The quantitative estimate of drug-likeness (QED) is 0.830. The molecule has 0 spiro atoms. The molecule has 0 bridgehead atoms. The minimum Gasteiger partial charge on any atom is -0.328 e. The molecule has 1 nitrogen and oxygen atoms in total. The van der Waals surface area contributed by atoms with Gasteiger partial charge in [0.1, 0.15) is 0 Å². The zero-order valence-corrected chi connectivity index (χ0v) is 11.7. The van der Waals surface area contributed by atoms with Crippen LogP contribution >= 0.6 is 0 Å². The van der Waals surface area contributed by atoms with Crippen molar-refractivity contribution in [3.05, 3.63) is 71.3 Å². The average Bonchev–Trinajstić information content (AvgIpc) is 2.45. The van der Waals surface area contributed by atoms with E-state index in [9.17, 15) is 0 Å². The van der Waals surface area contributed by atoms with E-state index in [1.54, 1.807) is 0 Å². The van der Waals surface area contributed by atoms with Crippen LogP contribution in [0, 0.1) is 6.92 Å². The lowest BCUT2D eigenvalue weighted by molar-refractivity contribution is 0.568. The van der Waals surface area contributed by atoms with Gasteiger partial charge >= 0.3 is 0 Å². The first-order valence-electron chi connectivity index (χ1n) is 7.09. The molecule has 1 unspecified atom stereocenters. The molecule has 0 aliphatic rings. The van der Waals surface area contributed by atoms with Crippen LogP contribution in [0.25, 0.3) is 0 Å². The molecule has 0 amide bonds. The monoisotopic (exact) mass is 253 g/mol. The predicted octanol–water partition coefficient (Wildman–Crippen LogP) is 3.89. The molecule has 0 aromatic heterocycles. The fourth-order valence-corrected chi connectivity index (χ4v) is 2.37. The lowest BCUT2D eigenvalue weighted by Gasteiger charge is -2.12. The third-order valence-electron chi connectivity index (χ3n) is 3.69. The summed E-state index contributed by atoms with van der Waals surface area (Å²) in [5.74, 6) is 0. The van der Waals surface area contributed by atoms with Crippen LogP contribution in [-0.2, 0) is 12.8 Å². The molecule has 2 N–H and O–H groups in total. The van der Waals surface area contributed by atoms with Gasteiger partial charge in [-0.1, -0.05) is 54.6 Å². The summed E-state index contributed by atoms with van der Waals surface area (Å²) in [4.78, 5) is 0. The van der Waals surface area contributed by atoms with Crippen LogP contribution in [0.3, 0.4) is 0 Å². The summed E-state index contributed by atoms with van der Waals surface area (Å²) in [6, 6.07) is 19.5. The van der Waals surface area contributed by atoms with E-state index < -0.39 is 0 Å². The molecule has 0 fully saturated rings. The maximum atomic E-state index is 6.22. The summed E-state index contributed by atoms with van der Waals surface area (Å²) in [7, 11) is 0. The molecule has 0 saturated heterocycles. The van der Waals surface area contributed by atoms with Crippen LogP contribution in [0.1, 0.15) is 29.5 Å². The van der Waals surface area contributed by atoms with Crippen molar-refractivity contribution in [3.63, 3.8) is 0 Å². The van der Waals surface area contributed by atoms with E-state index in [0.717, 1.165) is 25.7 Å². The largest absolute Gasteiger partial charge is 0.328 e. The highest BCUT2D eigenvalue weighted by atomic mass is 14.6. The topological polar surface area (TPSA) is 26.0 Å². The molecular formula is C18H23N. The predicted molar refractivity (Wildman–Crippen MR) is 82.2 cm³/mol. The van der Waals surface area contributed by atoms with Crippen molar-refractivity contribution in [3.8, 4) is 0 Å². The van der Waals surface area contributed by atoms with Gasteiger partial charge in [-0.2, -0.15) is 0 Å². The van der Waals surface area contributed by atoms with E-state index in [0.29, 0.717) is 6.04 Å². The standard InChI is InChI=1S/C18H23N/c1-15-7-5-6-10-17(15)12-14-18(19)13-11-16-8-3-2-4-9-16/h2-10,18H,11-14,19H2,1H3. The van der Waals surface area contributed by atoms with Gasteiger partial charge in [-0.3, -0.25) is 0 Å². The van der Waals surface area contributed by atoms with E-state index >= 15 is 0 Å². The zero-order valence-electron chi connectivity index (χ0n) is 11.7. The lowest BCUT2D eigenvalue weighted by Crippen LogP contribution is -2.21. The fraction of sp³-hybridized carbons (Fsp3) is 0.333. The third-order valence-corrected chi connectivity index (χ3v) is 3.69. The second kappa shape index (κ2) is 7.10. The van der Waals surface area contributed by atoms with E-state index in [4.69, 9.17) is 5.73 Å². The minimum atomic E-state index is 0.291. The van der Waals surface area contributed by atoms with Crippen molar-refractivity contribution in [1.29, 1.82) is 0 Å². The third kappa shape index (κ3) is 4.53. The molecule has 0 aliphatic carbocycles. The minimum absolute atomic E-state index is 0.291. The van der Waals surface area contributed by atoms with Crippen molar-refractivity contribution in [2.75, 3.05) is 0 Å². The van der Waals surface area contributed by atoms with Crippen LogP contribution in [0.4, 0.5) is 0 Å². The van der Waals surface area contributed by atoms with E-state index in [-0.39, 0.29) is 0 Å². The van der Waals surface area contributed by atoms with E-state index in [1.807, 2.05) is 0 Å². The summed E-state index contributed by atoms with van der Waals surface area (Å²) in [5, 5.41) is 0. The van der Waals surface area contributed by atoms with Crippen molar-refractivity contribution >= 4 is 0 Å². The normalized spacial score (nSPS) is 12.3. The Morgan fingerprint density at radius 2 is 1.47 bits per heavy atom. The molecule has 2 aromatic carbocycles. The summed E-state index contributed by atoms with van der Waals surface area (Å²) in [5.41, 5.74) is 10.4. The van der Waals surface area contributed by atoms with Gasteiger partial charge in [-0.15, -0.1) is 0 Å². The van der Waals surface area contributed by atoms with Gasteiger partial charge in [0.25, 0.3) is 0 Å². The van der Waals surface area contributed by atoms with Gasteiger partial charge in [0.15, 0.2) is 0 Å². The second-order valence-corrected chi connectivity index (χ2v) is 5.25. The van der Waals surface area contributed by atoms with Crippen molar-refractivity contribution in [1.82, 2.24) is 0 Å². The molecule has 100 valence electrons. The second-order valence-electron chi connectivity index (χ2n) is 5.25. The van der Waals surface area contributed by atoms with Gasteiger partial charge in [-0.05, 0) is 49.3 Å². The summed E-state index contributed by atoms with van der Waals surface area (Å²) in [6.07, 6.45) is 4.30. The molecule has 0 radical (unpaired) electrons. The Morgan fingerprint density at radius 1 is 0.842 bits per heavy atom. The highest BCUT2D eigenvalue weighted by Gasteiger charge is 2.05. The van der Waals surface area contributed by atoms with Gasteiger partial charge in [0, 0.05) is 6.04 Å². The first kappa shape index (κ1) is 13.8. The molecule has 1 atom stereocenters. The maximum Gasteiger partial charge on any atom is 0.00451 e. The van der Waals surface area contributed by atoms with Crippen LogP contribution in [-0.4, -0.2) is 6.04 Å². The van der Waals surface area contributed by atoms with Gasteiger partial charge in [0.05, 0.1) is 0 Å². The first-order valence-corrected chi connectivity index (χ1v) is 7.09. The molecule has 0 saturated carbocycles. The molecule has 2 aromatic rings. The molecule has 2 rings (SSSR count). The highest BCUT2D eigenvalue weighted by molar-refractivity contribution is 5.25. The fourth-order valence-electron chi connectivity index (χ4n) is 2.37. The van der Waals surface area contributed by atoms with Crippen LogP contribution in [0.5, 0.6) is 0 Å². The number of nitrogens with two attached hydrogens (primary N) is 1. The number of hydrogen-bond acceptors (Lipinski definition) is 1. The first-order chi connectivity index (χ1) is 9.25. The van der Waals surface area contributed by atoms with Crippen molar-refractivity contribution in [2.45, 2.75) is 38.6 Å². The molecule has 0 heterocycles. The summed E-state index contributed by atoms with van der Waals surface area (Å²) >= 11 is 0. The molecule has 19 heavy (non-hydrogen) atoms. The van der Waals surface area contributed by atoms with Crippen LogP contribution in [0.15, 0.2) is 54.6 Å². The maximum absolute atomic E-state index is 6.22. The molecule has 1 heteroatoms. The Bertz CT molecular complexity index is 490. The van der Waals surface area contributed by atoms with E-state index in [1.165, 1.54) is 16.7 Å². The van der Waals surface area contributed by atoms with Crippen LogP contribution in [0.2, 0.25) is 0 Å². The average molecular weight is 253 g/mol. The Labute approximate surface area is 116 Å². The molecule has 0 aliphatic heterocycles. The SMILES string of the molecule is Cc1ccccc1CCC(N)CCc1ccccc1. The van der Waals surface area contributed by atoms with Gasteiger partial charge in [-0.25, -0.2) is 0 Å². The Hall–Kier alpha value is -1.60. The highest BCUT2D eigenvalue weighted by Crippen LogP contribution is 2.12. The number of hydrogen-bond donors (Lipinski definition) is 1. The van der Waals surface area contributed by atoms with Gasteiger partial charge in [0.2, 0.25) is 0 Å². The van der Waals surface area contributed by atoms with Gasteiger partial charge < -0.3 is 5.73 Å². The number of rotatable bonds is 6. The summed E-state index contributed by atoms with van der Waals surface area (Å²) in [6.45, 7) is 2.17. The molecular weight excluding hydrogens is 230 g/mol. The smallest absolute Gasteiger partial charge is 0.00451 e. The summed E-state index contributed by atoms with van der Waals surface area (Å²) < 4.78 is 0. The van der Waals surface area contributed by atoms with Crippen LogP contribution < -0.4 is 5.73 Å². The van der Waals surface area contributed by atoms with Crippen molar-refractivity contribution < 1.29 is 0 Å².